The van der Waals surface area contributed by atoms with Gasteiger partial charge in [-0.15, -0.1) is 0 Å². The number of rotatable bonds is 2. The van der Waals surface area contributed by atoms with Crippen LogP contribution in [0.5, 0.6) is 0 Å². The summed E-state index contributed by atoms with van der Waals surface area (Å²) >= 11 is 0. The highest BCUT2D eigenvalue weighted by Crippen LogP contribution is 2.27. The highest BCUT2D eigenvalue weighted by Gasteiger charge is 2.21. The first-order chi connectivity index (χ1) is 8.22. The van der Waals surface area contributed by atoms with Crippen molar-refractivity contribution >= 4 is 5.69 Å². The summed E-state index contributed by atoms with van der Waals surface area (Å²) in [5.74, 6) is 0.779. The minimum absolute atomic E-state index is 0.442. The average Bonchev–Trinajstić information content (AvgIpc) is 2.74. The molecule has 0 bridgehead atoms. The molecule has 2 unspecified atom stereocenters. The molecule has 86 valence electrons. The lowest BCUT2D eigenvalue weighted by atomic mass is 10.1. The monoisotopic (exact) mass is 225 g/mol. The van der Waals surface area contributed by atoms with E-state index in [9.17, 15) is 0 Å². The largest absolute Gasteiger partial charge is 0.382 e. The average molecular weight is 225 g/mol. The van der Waals surface area contributed by atoms with Gasteiger partial charge in [0.25, 0.3) is 0 Å². The van der Waals surface area contributed by atoms with Crippen LogP contribution in [0.2, 0.25) is 0 Å². The zero-order chi connectivity index (χ0) is 12.3. The summed E-state index contributed by atoms with van der Waals surface area (Å²) in [7, 11) is 0. The molecule has 1 aliphatic carbocycles. The number of hydrogen-bond donors (Lipinski definition) is 1. The molecular weight excluding hydrogens is 210 g/mol. The van der Waals surface area contributed by atoms with Gasteiger partial charge in [0, 0.05) is 11.7 Å². The maximum atomic E-state index is 8.95. The molecule has 2 atom stereocenters. The van der Waals surface area contributed by atoms with E-state index in [1.807, 2.05) is 12.1 Å². The van der Waals surface area contributed by atoms with Gasteiger partial charge < -0.3 is 5.32 Å². The van der Waals surface area contributed by atoms with E-state index in [0.717, 1.165) is 11.6 Å². The number of anilines is 1. The highest BCUT2D eigenvalue weighted by atomic mass is 14.9. The van der Waals surface area contributed by atoms with Crippen LogP contribution in [0, 0.1) is 28.6 Å². The number of benzene rings is 1. The van der Waals surface area contributed by atoms with Gasteiger partial charge >= 0.3 is 0 Å². The molecule has 1 N–H and O–H groups in total. The fourth-order valence-electron chi connectivity index (χ4n) is 2.40. The normalized spacial score (nSPS) is 22.8. The van der Waals surface area contributed by atoms with Crippen LogP contribution in [0.25, 0.3) is 0 Å². The second-order valence-electron chi connectivity index (χ2n) is 4.74. The molecule has 3 heteroatoms. The Morgan fingerprint density at radius 2 is 1.94 bits per heavy atom. The summed E-state index contributed by atoms with van der Waals surface area (Å²) in [5, 5.41) is 21.2. The van der Waals surface area contributed by atoms with Crippen molar-refractivity contribution in [1.82, 2.24) is 0 Å². The zero-order valence-electron chi connectivity index (χ0n) is 9.90. The van der Waals surface area contributed by atoms with Crippen LogP contribution in [0.1, 0.15) is 37.3 Å². The third kappa shape index (κ3) is 2.57. The molecule has 1 aliphatic rings. The van der Waals surface area contributed by atoms with E-state index in [1.165, 1.54) is 19.3 Å². The topological polar surface area (TPSA) is 59.6 Å². The molecule has 2 rings (SSSR count). The summed E-state index contributed by atoms with van der Waals surface area (Å²) in [6, 6.07) is 9.94. The van der Waals surface area contributed by atoms with E-state index in [4.69, 9.17) is 10.5 Å². The second kappa shape index (κ2) is 4.89. The molecule has 17 heavy (non-hydrogen) atoms. The molecule has 0 heterocycles. The Morgan fingerprint density at radius 1 is 1.18 bits per heavy atom. The Hall–Kier alpha value is -2.00. The van der Waals surface area contributed by atoms with Gasteiger partial charge in [0.2, 0.25) is 0 Å². The van der Waals surface area contributed by atoms with E-state index in [2.05, 4.69) is 18.3 Å². The van der Waals surface area contributed by atoms with Crippen molar-refractivity contribution in [2.24, 2.45) is 5.92 Å². The van der Waals surface area contributed by atoms with Crippen molar-refractivity contribution in [3.05, 3.63) is 29.3 Å². The van der Waals surface area contributed by atoms with Gasteiger partial charge in [-0.2, -0.15) is 10.5 Å². The predicted molar refractivity (Wildman–Crippen MR) is 66.3 cm³/mol. The van der Waals surface area contributed by atoms with Crippen LogP contribution in [0.15, 0.2) is 18.2 Å². The molecule has 0 saturated heterocycles. The molecular formula is C14H15N3. The van der Waals surface area contributed by atoms with E-state index < -0.39 is 0 Å². The Labute approximate surface area is 102 Å². The van der Waals surface area contributed by atoms with Crippen LogP contribution in [0.4, 0.5) is 5.69 Å². The molecule has 0 amide bonds. The quantitative estimate of drug-likeness (QED) is 0.841. The third-order valence-corrected chi connectivity index (χ3v) is 3.33. The summed E-state index contributed by atoms with van der Waals surface area (Å²) in [6.07, 6.45) is 3.63. The van der Waals surface area contributed by atoms with Gasteiger partial charge in [-0.05, 0) is 43.4 Å². The van der Waals surface area contributed by atoms with Gasteiger partial charge in [0.05, 0.1) is 11.1 Å². The van der Waals surface area contributed by atoms with Gasteiger partial charge in [0.1, 0.15) is 12.1 Å². The van der Waals surface area contributed by atoms with Crippen molar-refractivity contribution in [3.8, 4) is 12.1 Å². The van der Waals surface area contributed by atoms with Crippen LogP contribution >= 0.6 is 0 Å². The fraction of sp³-hybridized carbons (Fsp3) is 0.429. The molecule has 0 aromatic heterocycles. The standard InChI is InChI=1S/C14H15N3/c1-10-2-4-13(6-10)17-14-5-3-11(8-15)12(7-14)9-16/h3,5,7,10,13,17H,2,4,6H2,1H3. The predicted octanol–water partition coefficient (Wildman–Crippen LogP) is 3.03. The smallest absolute Gasteiger partial charge is 0.101 e. The summed E-state index contributed by atoms with van der Waals surface area (Å²) in [6.45, 7) is 2.27. The Kier molecular flexibility index (Phi) is 3.30. The first-order valence-corrected chi connectivity index (χ1v) is 5.93. The first-order valence-electron chi connectivity index (χ1n) is 5.93. The second-order valence-corrected chi connectivity index (χ2v) is 4.74. The van der Waals surface area contributed by atoms with Crippen molar-refractivity contribution in [1.29, 1.82) is 10.5 Å². The lowest BCUT2D eigenvalue weighted by Gasteiger charge is -2.14. The maximum Gasteiger partial charge on any atom is 0.101 e. The number of nitrogens with one attached hydrogen (secondary N) is 1. The van der Waals surface area contributed by atoms with Crippen molar-refractivity contribution in [2.45, 2.75) is 32.2 Å². The van der Waals surface area contributed by atoms with Gasteiger partial charge in [-0.1, -0.05) is 6.92 Å². The van der Waals surface area contributed by atoms with Crippen LogP contribution in [-0.2, 0) is 0 Å². The molecule has 0 radical (unpaired) electrons. The van der Waals surface area contributed by atoms with Crippen molar-refractivity contribution in [2.75, 3.05) is 5.32 Å². The molecule has 1 aromatic rings. The molecule has 3 nitrogen and oxygen atoms in total. The zero-order valence-corrected chi connectivity index (χ0v) is 9.90. The molecule has 1 fully saturated rings. The molecule has 1 aromatic carbocycles. The summed E-state index contributed by atoms with van der Waals surface area (Å²) in [4.78, 5) is 0. The number of hydrogen-bond acceptors (Lipinski definition) is 3. The first kappa shape index (κ1) is 11.5. The Morgan fingerprint density at radius 3 is 2.53 bits per heavy atom. The van der Waals surface area contributed by atoms with Crippen molar-refractivity contribution < 1.29 is 0 Å². The fourth-order valence-corrected chi connectivity index (χ4v) is 2.40. The SMILES string of the molecule is CC1CCC(Nc2ccc(C#N)c(C#N)c2)C1. The molecule has 1 saturated carbocycles. The minimum Gasteiger partial charge on any atom is -0.382 e. The van der Waals surface area contributed by atoms with Crippen molar-refractivity contribution in [3.63, 3.8) is 0 Å². The third-order valence-electron chi connectivity index (χ3n) is 3.33. The summed E-state index contributed by atoms with van der Waals surface area (Å²) < 4.78 is 0. The molecule has 0 spiro atoms. The Bertz CT molecular complexity index is 493. The van der Waals surface area contributed by atoms with E-state index in [0.29, 0.717) is 17.2 Å². The number of nitriles is 2. The van der Waals surface area contributed by atoms with Crippen LogP contribution in [0.3, 0.4) is 0 Å². The highest BCUT2D eigenvalue weighted by molar-refractivity contribution is 5.56. The molecule has 0 aliphatic heterocycles. The van der Waals surface area contributed by atoms with E-state index >= 15 is 0 Å². The van der Waals surface area contributed by atoms with Gasteiger partial charge in [0.15, 0.2) is 0 Å². The summed E-state index contributed by atoms with van der Waals surface area (Å²) in [5.41, 5.74) is 1.83. The van der Waals surface area contributed by atoms with E-state index in [1.54, 1.807) is 12.1 Å². The number of nitrogens with zero attached hydrogens (tertiary/aromatic N) is 2. The lowest BCUT2D eigenvalue weighted by molar-refractivity contribution is 0.602. The Balaban J connectivity index is 2.13. The van der Waals surface area contributed by atoms with Gasteiger partial charge in [-0.25, -0.2) is 0 Å². The van der Waals surface area contributed by atoms with Crippen LogP contribution < -0.4 is 5.32 Å². The van der Waals surface area contributed by atoms with Gasteiger partial charge in [-0.3, -0.25) is 0 Å². The van der Waals surface area contributed by atoms with E-state index in [-0.39, 0.29) is 0 Å². The van der Waals surface area contributed by atoms with Crippen LogP contribution in [-0.4, -0.2) is 6.04 Å². The minimum atomic E-state index is 0.442. The lowest BCUT2D eigenvalue weighted by Crippen LogP contribution is -2.15. The maximum absolute atomic E-state index is 8.95.